The molecular formula is C20H18N4OS. The van der Waals surface area contributed by atoms with Gasteiger partial charge in [-0.15, -0.1) is 16.4 Å². The monoisotopic (exact) mass is 362 g/mol. The molecule has 26 heavy (non-hydrogen) atoms. The molecular weight excluding hydrogens is 344 g/mol. The van der Waals surface area contributed by atoms with Crippen molar-refractivity contribution in [3.05, 3.63) is 70.1 Å². The van der Waals surface area contributed by atoms with Crippen LogP contribution >= 0.6 is 11.3 Å². The highest BCUT2D eigenvalue weighted by atomic mass is 32.1. The molecule has 0 spiro atoms. The standard InChI is InChI=1S/C20H18N4OS/c1-12-8-9-15(14(3)10-12)17-11-26-20-22-19(23-24(17)20)21-18(25)16-7-5-4-6-13(16)2/h4-11H,1-3H3,(H,21,23,25). The number of rotatable bonds is 3. The van der Waals surface area contributed by atoms with Crippen LogP contribution in [0.2, 0.25) is 0 Å². The number of thiazole rings is 1. The third-order valence-electron chi connectivity index (χ3n) is 4.35. The second kappa shape index (κ2) is 6.38. The van der Waals surface area contributed by atoms with Crippen LogP contribution in [-0.2, 0) is 0 Å². The second-order valence-electron chi connectivity index (χ2n) is 6.34. The van der Waals surface area contributed by atoms with Crippen LogP contribution in [0.1, 0.15) is 27.0 Å². The molecule has 1 amide bonds. The van der Waals surface area contributed by atoms with Crippen molar-refractivity contribution in [3.63, 3.8) is 0 Å². The van der Waals surface area contributed by atoms with Crippen molar-refractivity contribution in [2.45, 2.75) is 20.8 Å². The summed E-state index contributed by atoms with van der Waals surface area (Å²) in [4.78, 5) is 17.7. The highest BCUT2D eigenvalue weighted by Gasteiger charge is 2.16. The fourth-order valence-corrected chi connectivity index (χ4v) is 3.84. The van der Waals surface area contributed by atoms with Gasteiger partial charge in [0.15, 0.2) is 0 Å². The van der Waals surface area contributed by atoms with Gasteiger partial charge in [-0.25, -0.2) is 4.52 Å². The van der Waals surface area contributed by atoms with E-state index in [1.807, 2.05) is 30.5 Å². The molecule has 4 aromatic rings. The third kappa shape index (κ3) is 2.88. The number of hydrogen-bond acceptors (Lipinski definition) is 4. The van der Waals surface area contributed by atoms with E-state index in [0.717, 1.165) is 21.8 Å². The number of carbonyl (C=O) groups is 1. The Balaban J connectivity index is 1.68. The van der Waals surface area contributed by atoms with Crippen LogP contribution in [0.5, 0.6) is 0 Å². The number of anilines is 1. The van der Waals surface area contributed by atoms with Gasteiger partial charge in [0.05, 0.1) is 5.69 Å². The predicted octanol–water partition coefficient (Wildman–Crippen LogP) is 4.64. The van der Waals surface area contributed by atoms with E-state index in [9.17, 15) is 4.79 Å². The average Bonchev–Trinajstić information content (AvgIpc) is 3.16. The Morgan fingerprint density at radius 1 is 1.08 bits per heavy atom. The maximum atomic E-state index is 12.5. The first kappa shape index (κ1) is 16.5. The molecule has 5 nitrogen and oxygen atoms in total. The molecule has 0 unspecified atom stereocenters. The summed E-state index contributed by atoms with van der Waals surface area (Å²) in [6, 6.07) is 13.8. The lowest BCUT2D eigenvalue weighted by Gasteiger charge is -2.05. The summed E-state index contributed by atoms with van der Waals surface area (Å²) in [5, 5.41) is 9.34. The van der Waals surface area contributed by atoms with Crippen LogP contribution < -0.4 is 5.32 Å². The summed E-state index contributed by atoms with van der Waals surface area (Å²) in [6.07, 6.45) is 0. The molecule has 2 aromatic heterocycles. The van der Waals surface area contributed by atoms with Crippen LogP contribution in [0.15, 0.2) is 47.8 Å². The van der Waals surface area contributed by atoms with E-state index >= 15 is 0 Å². The van der Waals surface area contributed by atoms with Crippen molar-refractivity contribution in [2.75, 3.05) is 5.32 Å². The van der Waals surface area contributed by atoms with Crippen molar-refractivity contribution in [3.8, 4) is 11.3 Å². The number of amides is 1. The van der Waals surface area contributed by atoms with Crippen LogP contribution in [0.3, 0.4) is 0 Å². The van der Waals surface area contributed by atoms with Crippen LogP contribution in [0.25, 0.3) is 16.2 Å². The highest BCUT2D eigenvalue weighted by molar-refractivity contribution is 7.15. The molecule has 0 saturated carbocycles. The second-order valence-corrected chi connectivity index (χ2v) is 7.17. The van der Waals surface area contributed by atoms with E-state index in [1.54, 1.807) is 10.6 Å². The van der Waals surface area contributed by atoms with Crippen molar-refractivity contribution < 1.29 is 4.79 Å². The van der Waals surface area contributed by atoms with E-state index in [0.29, 0.717) is 11.5 Å². The van der Waals surface area contributed by atoms with Gasteiger partial charge in [-0.3, -0.25) is 10.1 Å². The number of nitrogens with one attached hydrogen (secondary N) is 1. The molecule has 0 saturated heterocycles. The lowest BCUT2D eigenvalue weighted by molar-refractivity contribution is 0.102. The minimum absolute atomic E-state index is 0.200. The quantitative estimate of drug-likeness (QED) is 0.578. The van der Waals surface area contributed by atoms with E-state index in [-0.39, 0.29) is 5.91 Å². The normalized spacial score (nSPS) is 11.0. The summed E-state index contributed by atoms with van der Waals surface area (Å²) in [6.45, 7) is 6.07. The molecule has 130 valence electrons. The predicted molar refractivity (Wildman–Crippen MR) is 105 cm³/mol. The van der Waals surface area contributed by atoms with Crippen molar-refractivity contribution in [1.82, 2.24) is 14.6 Å². The number of fused-ring (bicyclic) bond motifs is 1. The summed E-state index contributed by atoms with van der Waals surface area (Å²) in [5.41, 5.74) is 6.05. The molecule has 4 rings (SSSR count). The number of benzene rings is 2. The summed E-state index contributed by atoms with van der Waals surface area (Å²) in [5.74, 6) is 0.116. The molecule has 2 aromatic carbocycles. The van der Waals surface area contributed by atoms with Gasteiger partial charge in [-0.05, 0) is 38.0 Å². The highest BCUT2D eigenvalue weighted by Crippen LogP contribution is 2.29. The number of aryl methyl sites for hydroxylation is 3. The Bertz CT molecular complexity index is 1130. The Hall–Kier alpha value is -2.99. The topological polar surface area (TPSA) is 59.3 Å². The maximum Gasteiger partial charge on any atom is 0.258 e. The number of aromatic nitrogens is 3. The molecule has 0 aliphatic heterocycles. The minimum atomic E-state index is -0.200. The number of hydrogen-bond donors (Lipinski definition) is 1. The largest absolute Gasteiger partial charge is 0.289 e. The first-order valence-electron chi connectivity index (χ1n) is 8.32. The molecule has 0 aliphatic carbocycles. The summed E-state index contributed by atoms with van der Waals surface area (Å²) >= 11 is 1.51. The summed E-state index contributed by atoms with van der Waals surface area (Å²) in [7, 11) is 0. The van der Waals surface area contributed by atoms with Gasteiger partial charge in [0, 0.05) is 16.5 Å². The molecule has 0 atom stereocenters. The summed E-state index contributed by atoms with van der Waals surface area (Å²) < 4.78 is 1.79. The van der Waals surface area contributed by atoms with Gasteiger partial charge in [0.25, 0.3) is 11.9 Å². The van der Waals surface area contributed by atoms with Crippen molar-refractivity contribution in [2.24, 2.45) is 0 Å². The van der Waals surface area contributed by atoms with Gasteiger partial charge >= 0.3 is 0 Å². The zero-order valence-corrected chi connectivity index (χ0v) is 15.6. The first-order chi connectivity index (χ1) is 12.5. The lowest BCUT2D eigenvalue weighted by atomic mass is 10.0. The molecule has 1 N–H and O–H groups in total. The number of nitrogens with zero attached hydrogens (tertiary/aromatic N) is 3. The molecule has 6 heteroatoms. The molecule has 0 aliphatic rings. The van der Waals surface area contributed by atoms with E-state index in [1.165, 1.54) is 22.5 Å². The lowest BCUT2D eigenvalue weighted by Crippen LogP contribution is -2.14. The Kier molecular flexibility index (Phi) is 4.05. The average molecular weight is 362 g/mol. The zero-order chi connectivity index (χ0) is 18.3. The molecule has 0 radical (unpaired) electrons. The van der Waals surface area contributed by atoms with E-state index in [4.69, 9.17) is 0 Å². The fourth-order valence-electron chi connectivity index (χ4n) is 3.02. The van der Waals surface area contributed by atoms with Crippen LogP contribution in [0.4, 0.5) is 5.95 Å². The van der Waals surface area contributed by atoms with E-state index in [2.05, 4.69) is 47.4 Å². The van der Waals surface area contributed by atoms with Crippen molar-refractivity contribution in [1.29, 1.82) is 0 Å². The SMILES string of the molecule is Cc1ccc(-c2csc3nc(NC(=O)c4ccccc4C)nn23)c(C)c1. The van der Waals surface area contributed by atoms with Gasteiger partial charge in [0.1, 0.15) is 0 Å². The Morgan fingerprint density at radius 2 is 1.88 bits per heavy atom. The molecule has 0 bridgehead atoms. The van der Waals surface area contributed by atoms with Crippen LogP contribution in [0, 0.1) is 20.8 Å². The van der Waals surface area contributed by atoms with Gasteiger partial charge in [0.2, 0.25) is 4.96 Å². The fraction of sp³-hybridized carbons (Fsp3) is 0.150. The van der Waals surface area contributed by atoms with Crippen LogP contribution in [-0.4, -0.2) is 20.5 Å². The van der Waals surface area contributed by atoms with E-state index < -0.39 is 0 Å². The third-order valence-corrected chi connectivity index (χ3v) is 5.17. The Morgan fingerprint density at radius 3 is 2.65 bits per heavy atom. The maximum absolute atomic E-state index is 12.5. The first-order valence-corrected chi connectivity index (χ1v) is 9.20. The minimum Gasteiger partial charge on any atom is -0.289 e. The van der Waals surface area contributed by atoms with Crippen molar-refractivity contribution >= 4 is 28.2 Å². The Labute approximate surface area is 155 Å². The molecule has 2 heterocycles. The smallest absolute Gasteiger partial charge is 0.258 e. The van der Waals surface area contributed by atoms with Gasteiger partial charge in [-0.2, -0.15) is 4.98 Å². The zero-order valence-electron chi connectivity index (χ0n) is 14.8. The van der Waals surface area contributed by atoms with Gasteiger partial charge < -0.3 is 0 Å². The molecule has 0 fully saturated rings. The van der Waals surface area contributed by atoms with Gasteiger partial charge in [-0.1, -0.05) is 42.0 Å². The number of carbonyl (C=O) groups excluding carboxylic acids is 1.